The van der Waals surface area contributed by atoms with Crippen molar-refractivity contribution in [1.82, 2.24) is 4.98 Å². The van der Waals surface area contributed by atoms with Crippen LogP contribution in [0.5, 0.6) is 0 Å². The van der Waals surface area contributed by atoms with Crippen molar-refractivity contribution in [2.24, 2.45) is 0 Å². The molecule has 0 fully saturated rings. The molecule has 182 valence electrons. The molecule has 0 bridgehead atoms. The van der Waals surface area contributed by atoms with Gasteiger partial charge < -0.3 is 0 Å². The van der Waals surface area contributed by atoms with Crippen molar-refractivity contribution < 1.29 is 9.13 Å². The maximum atomic E-state index is 4.62. The molecule has 3 nitrogen and oxygen atoms in total. The Bertz CT molecular complexity index is 1710. The summed E-state index contributed by atoms with van der Waals surface area (Å²) in [5.74, 6) is 0. The molecule has 0 aliphatic heterocycles. The zero-order valence-corrected chi connectivity index (χ0v) is 21.4. The lowest BCUT2D eigenvalue weighted by molar-refractivity contribution is -0.677. The fourth-order valence-corrected chi connectivity index (χ4v) is 5.11. The van der Waals surface area contributed by atoms with Crippen molar-refractivity contribution >= 4 is 0 Å². The molecule has 0 atom stereocenters. The van der Waals surface area contributed by atoms with Gasteiger partial charge in [0.1, 0.15) is 5.56 Å². The van der Waals surface area contributed by atoms with E-state index in [2.05, 4.69) is 149 Å². The molecule has 38 heavy (non-hydrogen) atoms. The van der Waals surface area contributed by atoms with E-state index in [1.54, 1.807) is 0 Å². The summed E-state index contributed by atoms with van der Waals surface area (Å²) in [6.07, 6.45) is 6.18. The number of nitrogens with zero attached hydrogens (tertiary/aromatic N) is 3. The van der Waals surface area contributed by atoms with E-state index in [0.717, 1.165) is 29.2 Å². The first-order chi connectivity index (χ1) is 18.8. The molecule has 0 unspecified atom stereocenters. The highest BCUT2D eigenvalue weighted by molar-refractivity contribution is 5.68. The van der Waals surface area contributed by atoms with Crippen molar-refractivity contribution in [1.29, 1.82) is 0 Å². The Hall–Kier alpha value is -4.89. The molecule has 0 aliphatic carbocycles. The molecule has 0 N–H and O–H groups in total. The van der Waals surface area contributed by atoms with Crippen LogP contribution in [-0.2, 0) is 6.54 Å². The van der Waals surface area contributed by atoms with Gasteiger partial charge in [0.15, 0.2) is 18.9 Å². The number of aromatic nitrogens is 3. The van der Waals surface area contributed by atoms with Crippen LogP contribution in [0, 0.1) is 6.92 Å². The molecule has 6 aromatic rings. The highest BCUT2D eigenvalue weighted by Crippen LogP contribution is 2.26. The third-order valence-corrected chi connectivity index (χ3v) is 6.96. The lowest BCUT2D eigenvalue weighted by atomic mass is 10.0. The van der Waals surface area contributed by atoms with Crippen LogP contribution in [0.3, 0.4) is 0 Å². The normalized spacial score (nSPS) is 10.9. The van der Waals surface area contributed by atoms with Crippen LogP contribution >= 0.6 is 0 Å². The lowest BCUT2D eigenvalue weighted by Gasteiger charge is -2.11. The summed E-state index contributed by atoms with van der Waals surface area (Å²) < 4.78 is 4.63. The molecule has 0 saturated heterocycles. The summed E-state index contributed by atoms with van der Waals surface area (Å²) in [6, 6.07) is 44.7. The predicted molar refractivity (Wildman–Crippen MR) is 153 cm³/mol. The summed E-state index contributed by atoms with van der Waals surface area (Å²) in [4.78, 5) is 4.62. The Morgan fingerprint density at radius 3 is 2.03 bits per heavy atom. The van der Waals surface area contributed by atoms with Crippen molar-refractivity contribution in [2.75, 3.05) is 0 Å². The van der Waals surface area contributed by atoms with Crippen molar-refractivity contribution in [3.05, 3.63) is 157 Å². The van der Waals surface area contributed by atoms with Crippen LogP contribution in [-0.4, -0.2) is 4.98 Å². The number of hydrogen-bond acceptors (Lipinski definition) is 1. The van der Waals surface area contributed by atoms with Gasteiger partial charge in [-0.25, -0.2) is 0 Å². The number of pyridine rings is 3. The fourth-order valence-electron chi connectivity index (χ4n) is 5.11. The van der Waals surface area contributed by atoms with Gasteiger partial charge in [0.05, 0.1) is 5.69 Å². The van der Waals surface area contributed by atoms with Crippen LogP contribution in [0.2, 0.25) is 0 Å². The first-order valence-corrected chi connectivity index (χ1v) is 12.9. The summed E-state index contributed by atoms with van der Waals surface area (Å²) >= 11 is 0. The van der Waals surface area contributed by atoms with Crippen LogP contribution in [0.4, 0.5) is 0 Å². The Morgan fingerprint density at radius 2 is 1.21 bits per heavy atom. The third-order valence-electron chi connectivity index (χ3n) is 6.96. The Labute approximate surface area is 224 Å². The van der Waals surface area contributed by atoms with E-state index >= 15 is 0 Å². The maximum absolute atomic E-state index is 4.62. The van der Waals surface area contributed by atoms with Crippen molar-refractivity contribution in [3.8, 4) is 39.5 Å². The van der Waals surface area contributed by atoms with E-state index in [9.17, 15) is 0 Å². The van der Waals surface area contributed by atoms with Crippen LogP contribution in [0.25, 0.3) is 39.5 Å². The van der Waals surface area contributed by atoms with E-state index in [1.807, 2.05) is 18.3 Å². The molecule has 0 amide bonds. The fraction of sp³-hybridized carbons (Fsp3) is 0.0571. The molecular formula is C35H29N3+2. The molecule has 3 heterocycles. The van der Waals surface area contributed by atoms with Gasteiger partial charge in [0, 0.05) is 53.2 Å². The molecular weight excluding hydrogens is 462 g/mol. The second-order valence-corrected chi connectivity index (χ2v) is 9.37. The average molecular weight is 492 g/mol. The minimum atomic E-state index is 0.737. The van der Waals surface area contributed by atoms with Crippen molar-refractivity contribution in [2.45, 2.75) is 13.5 Å². The topological polar surface area (TPSA) is 20.6 Å². The van der Waals surface area contributed by atoms with E-state index in [0.29, 0.717) is 0 Å². The number of aryl methyl sites for hydroxylation is 1. The van der Waals surface area contributed by atoms with Gasteiger partial charge in [-0.1, -0.05) is 60.7 Å². The van der Waals surface area contributed by atoms with E-state index < -0.39 is 0 Å². The van der Waals surface area contributed by atoms with Gasteiger partial charge in [0.2, 0.25) is 17.1 Å². The molecule has 0 radical (unpaired) electrons. The molecule has 3 aromatic carbocycles. The van der Waals surface area contributed by atoms with Gasteiger partial charge >= 0.3 is 0 Å². The van der Waals surface area contributed by atoms with Gasteiger partial charge in [-0.3, -0.25) is 4.98 Å². The SMILES string of the molecule is Cc1ccccc1-c1cccc[n+]1-c1ccccc1-c1cccc[n+]1Cc1ccccc1-c1ccccn1. The minimum Gasteiger partial charge on any atom is -0.256 e. The second kappa shape index (κ2) is 10.6. The largest absolute Gasteiger partial charge is 0.256 e. The first kappa shape index (κ1) is 23.5. The van der Waals surface area contributed by atoms with Gasteiger partial charge in [0.25, 0.3) is 0 Å². The van der Waals surface area contributed by atoms with Gasteiger partial charge in [-0.15, -0.1) is 0 Å². The maximum Gasteiger partial charge on any atom is 0.225 e. The van der Waals surface area contributed by atoms with Gasteiger partial charge in [-0.05, 0) is 48.9 Å². The highest BCUT2D eigenvalue weighted by atomic mass is 15.0. The van der Waals surface area contributed by atoms with Crippen LogP contribution < -0.4 is 9.13 Å². The monoisotopic (exact) mass is 491 g/mol. The number of rotatable bonds is 6. The number of hydrogen-bond donors (Lipinski definition) is 0. The second-order valence-electron chi connectivity index (χ2n) is 9.37. The van der Waals surface area contributed by atoms with E-state index in [-0.39, 0.29) is 0 Å². The molecule has 6 rings (SSSR count). The summed E-state index contributed by atoms with van der Waals surface area (Å²) in [7, 11) is 0. The van der Waals surface area contributed by atoms with Crippen LogP contribution in [0.15, 0.2) is 146 Å². The van der Waals surface area contributed by atoms with E-state index in [4.69, 9.17) is 0 Å². The van der Waals surface area contributed by atoms with Crippen LogP contribution in [0.1, 0.15) is 11.1 Å². The van der Waals surface area contributed by atoms with Crippen molar-refractivity contribution in [3.63, 3.8) is 0 Å². The summed E-state index contributed by atoms with van der Waals surface area (Å²) in [5, 5.41) is 0. The van der Waals surface area contributed by atoms with E-state index in [1.165, 1.54) is 27.9 Å². The lowest BCUT2D eigenvalue weighted by Crippen LogP contribution is -2.39. The number of para-hydroxylation sites is 1. The third kappa shape index (κ3) is 4.62. The molecule has 0 aliphatic rings. The molecule has 3 aromatic heterocycles. The first-order valence-electron chi connectivity index (χ1n) is 12.9. The quantitative estimate of drug-likeness (QED) is 0.230. The zero-order chi connectivity index (χ0) is 25.7. The Morgan fingerprint density at radius 1 is 0.553 bits per heavy atom. The standard InChI is InChI=1S/C35H29N3/c1-27-14-2-4-16-29(27)34-22-10-13-25-38(34)35-21-7-6-18-31(35)33-20-9-12-24-37(33)26-28-15-3-5-17-30(28)32-19-8-11-23-36-32/h2-25H,26H2,1H3/q+2. The number of benzene rings is 3. The highest BCUT2D eigenvalue weighted by Gasteiger charge is 2.25. The Kier molecular flexibility index (Phi) is 6.57. The Balaban J connectivity index is 1.47. The zero-order valence-electron chi connectivity index (χ0n) is 21.4. The van der Waals surface area contributed by atoms with Gasteiger partial charge in [-0.2, -0.15) is 9.13 Å². The molecule has 0 spiro atoms. The predicted octanol–water partition coefficient (Wildman–Crippen LogP) is 7.00. The smallest absolute Gasteiger partial charge is 0.225 e. The minimum absolute atomic E-state index is 0.737. The molecule has 0 saturated carbocycles. The summed E-state index contributed by atoms with van der Waals surface area (Å²) in [5.41, 5.74) is 10.5. The summed E-state index contributed by atoms with van der Waals surface area (Å²) in [6.45, 7) is 2.91. The average Bonchev–Trinajstić information content (AvgIpc) is 2.99. The molecule has 3 heteroatoms.